The molecule has 0 bridgehead atoms. The van der Waals surface area contributed by atoms with E-state index in [2.05, 4.69) is 6.92 Å². The Bertz CT molecular complexity index is 503. The van der Waals surface area contributed by atoms with Gasteiger partial charge in [-0.2, -0.15) is 0 Å². The standard InChI is InChI=1S/C28H70O6Si7/c1-2-3-4-5-6-7-8-12-15-18-21-24-27-41(34-40-33-39-32-38-31-37-30-36-29-35)28-25-22-19-16-13-10-9-11-14-17-20-23-26-28/h28,41H,2-27,36-40H2,1,35H3. The summed E-state index contributed by atoms with van der Waals surface area (Å²) in [5, 5.41) is 0. The van der Waals surface area contributed by atoms with Crippen molar-refractivity contribution in [2.45, 2.75) is 179 Å². The van der Waals surface area contributed by atoms with Gasteiger partial charge in [0, 0.05) is 0 Å². The molecule has 0 aliphatic heterocycles. The lowest BCUT2D eigenvalue weighted by molar-refractivity contribution is 0.374. The Balaban J connectivity index is 2.36. The third-order valence-electron chi connectivity index (χ3n) is 8.58. The van der Waals surface area contributed by atoms with Crippen molar-refractivity contribution < 1.29 is 24.7 Å². The van der Waals surface area contributed by atoms with Crippen molar-refractivity contribution in [2.75, 3.05) is 0 Å². The summed E-state index contributed by atoms with van der Waals surface area (Å²) in [5.41, 5.74) is 0.859. The second kappa shape index (κ2) is 34.2. The van der Waals surface area contributed by atoms with Crippen LogP contribution in [0.15, 0.2) is 0 Å². The van der Waals surface area contributed by atoms with E-state index in [-0.39, 0.29) is 0 Å². The largest absolute Gasteiger partial charge is 0.449 e. The third-order valence-corrected chi connectivity index (χ3v) is 19.8. The summed E-state index contributed by atoms with van der Waals surface area (Å²) < 4.78 is 34.8. The van der Waals surface area contributed by atoms with Gasteiger partial charge in [0.15, 0.2) is 9.04 Å². The molecular formula is C28H70O6Si7. The molecular weight excluding hydrogens is 629 g/mol. The molecule has 0 aromatic carbocycles. The van der Waals surface area contributed by atoms with Crippen LogP contribution in [0, 0.1) is 0 Å². The number of unbranched alkanes of at least 4 members (excludes halogenated alkanes) is 11. The highest BCUT2D eigenvalue weighted by molar-refractivity contribution is 6.60. The summed E-state index contributed by atoms with van der Waals surface area (Å²) in [7, 11) is -4.83. The molecule has 246 valence electrons. The highest BCUT2D eigenvalue weighted by atomic mass is 28.4. The molecule has 0 aromatic heterocycles. The van der Waals surface area contributed by atoms with Crippen LogP contribution >= 0.6 is 0 Å². The van der Waals surface area contributed by atoms with E-state index in [1.54, 1.807) is 0 Å². The fourth-order valence-electron chi connectivity index (χ4n) is 6.09. The first-order valence-corrected chi connectivity index (χ1v) is 26.3. The third kappa shape index (κ3) is 28.5. The first kappa shape index (κ1) is 40.3. The summed E-state index contributed by atoms with van der Waals surface area (Å²) in [5.74, 6) is 0. The van der Waals surface area contributed by atoms with Crippen molar-refractivity contribution in [1.82, 2.24) is 0 Å². The van der Waals surface area contributed by atoms with E-state index in [0.29, 0.717) is 0 Å². The van der Waals surface area contributed by atoms with Gasteiger partial charge in [0.05, 0.1) is 0 Å². The van der Waals surface area contributed by atoms with Crippen molar-refractivity contribution in [3.05, 3.63) is 0 Å². The molecule has 0 N–H and O–H groups in total. The highest BCUT2D eigenvalue weighted by Crippen LogP contribution is 2.31. The molecule has 6 nitrogen and oxygen atoms in total. The van der Waals surface area contributed by atoms with Crippen LogP contribution in [0.3, 0.4) is 0 Å². The Kier molecular flexibility index (Phi) is 33.6. The minimum absolute atomic E-state index is 0.744. The summed E-state index contributed by atoms with van der Waals surface area (Å²) in [4.78, 5) is 0. The first-order chi connectivity index (χ1) is 20.4. The molecule has 1 aliphatic rings. The SMILES string of the molecule is CCCCCCCCCCCCCC[SiH](O[SiH2]O[SiH2]O[SiH2]O[SiH2]O[SiH2]O[SiH3])C1CCCCCCCCCCCCC1. The smallest absolute Gasteiger partial charge is 0.286 e. The van der Waals surface area contributed by atoms with E-state index in [4.69, 9.17) is 24.7 Å². The first-order valence-electron chi connectivity index (χ1n) is 17.8. The topological polar surface area (TPSA) is 55.4 Å². The average Bonchev–Trinajstić information content (AvgIpc) is 2.98. The number of rotatable bonds is 25. The molecule has 0 radical (unpaired) electrons. The molecule has 41 heavy (non-hydrogen) atoms. The van der Waals surface area contributed by atoms with Gasteiger partial charge in [-0.05, 0) is 11.6 Å². The lowest BCUT2D eigenvalue weighted by atomic mass is 10.0. The van der Waals surface area contributed by atoms with Crippen LogP contribution in [-0.2, 0) is 24.7 Å². The highest BCUT2D eigenvalue weighted by Gasteiger charge is 2.24. The maximum atomic E-state index is 6.77. The van der Waals surface area contributed by atoms with Gasteiger partial charge in [-0.3, -0.25) is 0 Å². The molecule has 0 amide bonds. The van der Waals surface area contributed by atoms with E-state index in [9.17, 15) is 0 Å². The fraction of sp³-hybridized carbons (Fsp3) is 1.00. The van der Waals surface area contributed by atoms with Gasteiger partial charge in [-0.15, -0.1) is 0 Å². The van der Waals surface area contributed by atoms with Gasteiger partial charge < -0.3 is 24.7 Å². The quantitative estimate of drug-likeness (QED) is 0.105. The van der Waals surface area contributed by atoms with Crippen LogP contribution in [0.2, 0.25) is 11.6 Å². The Hall–Kier alpha value is 1.28. The monoisotopic (exact) mass is 698 g/mol. The number of hydrogen-bond acceptors (Lipinski definition) is 6. The van der Waals surface area contributed by atoms with Crippen molar-refractivity contribution in [3.63, 3.8) is 0 Å². The zero-order chi connectivity index (χ0) is 29.3. The summed E-state index contributed by atoms with van der Waals surface area (Å²) in [6, 6.07) is 1.37. The molecule has 1 aliphatic carbocycles. The van der Waals surface area contributed by atoms with E-state index in [1.807, 2.05) is 0 Å². The molecule has 0 heterocycles. The van der Waals surface area contributed by atoms with Crippen molar-refractivity contribution in [3.8, 4) is 0 Å². The Labute approximate surface area is 272 Å². The Morgan fingerprint density at radius 1 is 0.512 bits per heavy atom. The van der Waals surface area contributed by atoms with Crippen LogP contribution < -0.4 is 0 Å². The Morgan fingerprint density at radius 3 is 1.37 bits per heavy atom. The zero-order valence-electron chi connectivity index (χ0n) is 27.5. The zero-order valence-corrected chi connectivity index (χ0v) is 37.8. The summed E-state index contributed by atoms with van der Waals surface area (Å²) >= 11 is 0. The van der Waals surface area contributed by atoms with Crippen LogP contribution in [-0.4, -0.2) is 69.6 Å². The van der Waals surface area contributed by atoms with Crippen molar-refractivity contribution in [2.24, 2.45) is 0 Å². The van der Waals surface area contributed by atoms with Crippen LogP contribution in [0.5, 0.6) is 0 Å². The van der Waals surface area contributed by atoms with Gasteiger partial charge >= 0.3 is 0 Å². The second-order valence-electron chi connectivity index (χ2n) is 12.3. The van der Waals surface area contributed by atoms with Gasteiger partial charge in [-0.25, -0.2) is 0 Å². The number of hydrogen-bond donors (Lipinski definition) is 0. The minimum atomic E-state index is -1.24. The maximum absolute atomic E-state index is 6.77. The normalized spacial score (nSPS) is 19.0. The molecule has 0 saturated heterocycles. The molecule has 1 atom stereocenters. The van der Waals surface area contributed by atoms with Gasteiger partial charge in [0.25, 0.3) is 50.0 Å². The predicted octanol–water partition coefficient (Wildman–Crippen LogP) is 4.24. The summed E-state index contributed by atoms with van der Waals surface area (Å²) in [6.07, 6.45) is 35.8. The molecule has 1 fully saturated rings. The van der Waals surface area contributed by atoms with E-state index in [1.165, 1.54) is 167 Å². The van der Waals surface area contributed by atoms with E-state index >= 15 is 0 Å². The van der Waals surface area contributed by atoms with Crippen LogP contribution in [0.4, 0.5) is 0 Å². The lowest BCUT2D eigenvalue weighted by Crippen LogP contribution is -2.29. The van der Waals surface area contributed by atoms with Crippen molar-refractivity contribution >= 4 is 69.6 Å². The molecule has 13 heteroatoms. The molecule has 1 saturated carbocycles. The summed E-state index contributed by atoms with van der Waals surface area (Å²) in [6.45, 7) is 2.30. The molecule has 1 unspecified atom stereocenters. The van der Waals surface area contributed by atoms with Gasteiger partial charge in [-0.1, -0.05) is 167 Å². The van der Waals surface area contributed by atoms with Gasteiger partial charge in [0.1, 0.15) is 10.5 Å². The Morgan fingerprint density at radius 2 is 0.902 bits per heavy atom. The minimum Gasteiger partial charge on any atom is -0.449 e. The fourth-order valence-corrected chi connectivity index (χ4v) is 20.0. The lowest BCUT2D eigenvalue weighted by Gasteiger charge is -2.27. The average molecular weight is 699 g/mol. The van der Waals surface area contributed by atoms with E-state index < -0.39 is 59.1 Å². The van der Waals surface area contributed by atoms with Gasteiger partial charge in [0.2, 0.25) is 0 Å². The molecule has 0 spiro atoms. The van der Waals surface area contributed by atoms with Crippen LogP contribution in [0.1, 0.15) is 167 Å². The second-order valence-corrected chi connectivity index (χ2v) is 26.3. The molecule has 0 aromatic rings. The van der Waals surface area contributed by atoms with Crippen LogP contribution in [0.25, 0.3) is 0 Å². The van der Waals surface area contributed by atoms with E-state index in [0.717, 1.165) is 16.0 Å². The predicted molar refractivity (Wildman–Crippen MR) is 196 cm³/mol. The molecule has 1 rings (SSSR count). The van der Waals surface area contributed by atoms with Crippen molar-refractivity contribution in [1.29, 1.82) is 0 Å². The maximum Gasteiger partial charge on any atom is 0.286 e.